The third-order valence-corrected chi connectivity index (χ3v) is 4.36. The van der Waals surface area contributed by atoms with E-state index in [1.54, 1.807) is 0 Å². The highest BCUT2D eigenvalue weighted by Crippen LogP contribution is 2.19. The number of anilines is 1. The summed E-state index contributed by atoms with van der Waals surface area (Å²) in [5.74, 6) is 0.890. The lowest BCUT2D eigenvalue weighted by Gasteiger charge is -2.11. The fourth-order valence-electron chi connectivity index (χ4n) is 2.63. The molecule has 0 unspecified atom stereocenters. The Hall–Kier alpha value is -2.82. The van der Waals surface area contributed by atoms with Crippen LogP contribution < -0.4 is 15.4 Å². The zero-order chi connectivity index (χ0) is 21.1. The van der Waals surface area contributed by atoms with Gasteiger partial charge in [0, 0.05) is 29.7 Å². The van der Waals surface area contributed by atoms with Gasteiger partial charge in [-0.05, 0) is 49.4 Å². The van der Waals surface area contributed by atoms with E-state index in [9.17, 15) is 4.79 Å². The summed E-state index contributed by atoms with van der Waals surface area (Å²) in [7, 11) is 1.93. The summed E-state index contributed by atoms with van der Waals surface area (Å²) in [6, 6.07) is 23.4. The number of amides is 1. The quantitative estimate of drug-likeness (QED) is 0.556. The highest BCUT2D eigenvalue weighted by atomic mass is 35.5. The molecule has 3 rings (SSSR count). The smallest absolute Gasteiger partial charge is 0.221 e. The number of carbonyl (C=O) groups is 1. The van der Waals surface area contributed by atoms with Gasteiger partial charge >= 0.3 is 0 Å². The number of hydrogen-bond donors (Lipinski definition) is 2. The molecule has 3 aromatic carbocycles. The van der Waals surface area contributed by atoms with Crippen molar-refractivity contribution in [3.63, 3.8) is 0 Å². The fourth-order valence-corrected chi connectivity index (χ4v) is 2.75. The van der Waals surface area contributed by atoms with Crippen LogP contribution in [0.5, 0.6) is 5.75 Å². The molecule has 0 aliphatic carbocycles. The Balaban J connectivity index is 0.000000234. The standard InChI is InChI=1S/C15H16ClNO.C9H11NO/c1-17-10-13-4-2-3-5-15(13)18-11-12-6-8-14(16)9-7-12;1-7-5-3-4-6-9(7)10-8(2)11/h2-9,17H,10-11H2,1H3;3-6H,1-2H3,(H,10,11). The van der Waals surface area contributed by atoms with Gasteiger partial charge in [0.25, 0.3) is 0 Å². The van der Waals surface area contributed by atoms with E-state index in [1.807, 2.05) is 80.7 Å². The number of nitrogens with one attached hydrogen (secondary N) is 2. The van der Waals surface area contributed by atoms with Gasteiger partial charge in [0.1, 0.15) is 12.4 Å². The molecule has 0 bridgehead atoms. The Morgan fingerprint density at radius 2 is 1.62 bits per heavy atom. The second-order valence-corrected chi connectivity index (χ2v) is 6.99. The van der Waals surface area contributed by atoms with Crippen LogP contribution in [0, 0.1) is 6.92 Å². The number of benzene rings is 3. The lowest BCUT2D eigenvalue weighted by molar-refractivity contribution is -0.114. The molecule has 0 aliphatic heterocycles. The lowest BCUT2D eigenvalue weighted by atomic mass is 10.2. The van der Waals surface area contributed by atoms with Gasteiger partial charge in [-0.2, -0.15) is 0 Å². The zero-order valence-electron chi connectivity index (χ0n) is 17.0. The van der Waals surface area contributed by atoms with E-state index < -0.39 is 0 Å². The molecular weight excluding hydrogens is 384 g/mol. The Bertz CT molecular complexity index is 911. The van der Waals surface area contributed by atoms with Gasteiger partial charge in [-0.1, -0.05) is 60.1 Å². The van der Waals surface area contributed by atoms with Crippen LogP contribution in [0.2, 0.25) is 5.02 Å². The Labute approximate surface area is 177 Å². The number of halogens is 1. The number of carbonyl (C=O) groups excluding carboxylic acids is 1. The molecule has 0 saturated heterocycles. The van der Waals surface area contributed by atoms with Gasteiger partial charge < -0.3 is 15.4 Å². The van der Waals surface area contributed by atoms with Crippen LogP contribution in [0.1, 0.15) is 23.6 Å². The Kier molecular flexibility index (Phi) is 9.22. The fraction of sp³-hybridized carbons (Fsp3) is 0.208. The second kappa shape index (κ2) is 11.9. The van der Waals surface area contributed by atoms with Gasteiger partial charge in [-0.3, -0.25) is 4.79 Å². The van der Waals surface area contributed by atoms with Gasteiger partial charge in [0.05, 0.1) is 0 Å². The molecule has 4 nitrogen and oxygen atoms in total. The van der Waals surface area contributed by atoms with Crippen molar-refractivity contribution in [3.05, 3.63) is 94.5 Å². The predicted molar refractivity (Wildman–Crippen MR) is 120 cm³/mol. The van der Waals surface area contributed by atoms with E-state index in [4.69, 9.17) is 16.3 Å². The molecule has 1 amide bonds. The van der Waals surface area contributed by atoms with E-state index in [0.29, 0.717) is 6.61 Å². The van der Waals surface area contributed by atoms with Crippen molar-refractivity contribution in [2.75, 3.05) is 12.4 Å². The number of para-hydroxylation sites is 2. The number of ether oxygens (including phenoxy) is 1. The molecule has 0 spiro atoms. The van der Waals surface area contributed by atoms with Crippen LogP contribution in [-0.4, -0.2) is 13.0 Å². The molecule has 3 aromatic rings. The predicted octanol–water partition coefficient (Wildman–Crippen LogP) is 5.59. The molecule has 29 heavy (non-hydrogen) atoms. The van der Waals surface area contributed by atoms with E-state index in [2.05, 4.69) is 16.7 Å². The maximum Gasteiger partial charge on any atom is 0.221 e. The molecule has 0 radical (unpaired) electrons. The summed E-state index contributed by atoms with van der Waals surface area (Å²) in [6.45, 7) is 4.83. The number of hydrogen-bond acceptors (Lipinski definition) is 3. The molecule has 0 fully saturated rings. The maximum atomic E-state index is 10.7. The van der Waals surface area contributed by atoms with E-state index in [-0.39, 0.29) is 5.91 Å². The van der Waals surface area contributed by atoms with Crippen molar-refractivity contribution in [3.8, 4) is 5.75 Å². The summed E-state index contributed by atoms with van der Waals surface area (Å²) >= 11 is 5.85. The molecule has 0 heterocycles. The molecule has 152 valence electrons. The normalized spacial score (nSPS) is 9.93. The Morgan fingerprint density at radius 1 is 0.966 bits per heavy atom. The van der Waals surface area contributed by atoms with Crippen LogP contribution in [-0.2, 0) is 17.9 Å². The van der Waals surface area contributed by atoms with E-state index in [1.165, 1.54) is 6.92 Å². The minimum atomic E-state index is -0.0284. The summed E-state index contributed by atoms with van der Waals surface area (Å²) in [4.78, 5) is 10.7. The molecule has 0 saturated carbocycles. The number of rotatable bonds is 6. The molecular formula is C24H27ClN2O2. The minimum Gasteiger partial charge on any atom is -0.489 e. The van der Waals surface area contributed by atoms with Crippen LogP contribution in [0.25, 0.3) is 0 Å². The van der Waals surface area contributed by atoms with E-state index >= 15 is 0 Å². The van der Waals surface area contributed by atoms with Crippen LogP contribution in [0.3, 0.4) is 0 Å². The third-order valence-electron chi connectivity index (χ3n) is 4.10. The van der Waals surface area contributed by atoms with Crippen molar-refractivity contribution >= 4 is 23.2 Å². The van der Waals surface area contributed by atoms with Gasteiger partial charge in [0.15, 0.2) is 0 Å². The summed E-state index contributed by atoms with van der Waals surface area (Å²) in [5.41, 5.74) is 4.25. The molecule has 0 aromatic heterocycles. The topological polar surface area (TPSA) is 50.4 Å². The monoisotopic (exact) mass is 410 g/mol. The minimum absolute atomic E-state index is 0.0284. The van der Waals surface area contributed by atoms with Gasteiger partial charge in [-0.25, -0.2) is 0 Å². The first kappa shape index (κ1) is 22.5. The van der Waals surface area contributed by atoms with Crippen molar-refractivity contribution < 1.29 is 9.53 Å². The van der Waals surface area contributed by atoms with Crippen LogP contribution >= 0.6 is 11.6 Å². The van der Waals surface area contributed by atoms with Gasteiger partial charge in [-0.15, -0.1) is 0 Å². The lowest BCUT2D eigenvalue weighted by Crippen LogP contribution is -2.07. The van der Waals surface area contributed by atoms with Crippen molar-refractivity contribution in [2.24, 2.45) is 0 Å². The highest BCUT2D eigenvalue weighted by Gasteiger charge is 2.02. The summed E-state index contributed by atoms with van der Waals surface area (Å²) in [6.07, 6.45) is 0. The van der Waals surface area contributed by atoms with Gasteiger partial charge in [0.2, 0.25) is 5.91 Å². The SMILES string of the molecule is CC(=O)Nc1ccccc1C.CNCc1ccccc1OCc1ccc(Cl)cc1. The highest BCUT2D eigenvalue weighted by molar-refractivity contribution is 6.30. The van der Waals surface area contributed by atoms with Crippen molar-refractivity contribution in [1.29, 1.82) is 0 Å². The van der Waals surface area contributed by atoms with Crippen molar-refractivity contribution in [2.45, 2.75) is 27.0 Å². The largest absolute Gasteiger partial charge is 0.489 e. The van der Waals surface area contributed by atoms with Crippen LogP contribution in [0.15, 0.2) is 72.8 Å². The molecule has 0 aliphatic rings. The summed E-state index contributed by atoms with van der Waals surface area (Å²) in [5, 5.41) is 6.61. The maximum absolute atomic E-state index is 10.7. The Morgan fingerprint density at radius 3 is 2.28 bits per heavy atom. The average Bonchev–Trinajstić information content (AvgIpc) is 2.71. The first-order valence-electron chi connectivity index (χ1n) is 9.42. The van der Waals surface area contributed by atoms with E-state index in [0.717, 1.165) is 39.7 Å². The molecule has 2 N–H and O–H groups in total. The third kappa shape index (κ3) is 7.98. The van der Waals surface area contributed by atoms with Crippen LogP contribution in [0.4, 0.5) is 5.69 Å². The first-order valence-corrected chi connectivity index (χ1v) is 9.80. The second-order valence-electron chi connectivity index (χ2n) is 6.55. The molecule has 0 atom stereocenters. The average molecular weight is 411 g/mol. The molecule has 5 heteroatoms. The van der Waals surface area contributed by atoms with Crippen molar-refractivity contribution in [1.82, 2.24) is 5.32 Å². The summed E-state index contributed by atoms with van der Waals surface area (Å²) < 4.78 is 5.83. The zero-order valence-corrected chi connectivity index (χ0v) is 17.8. The first-order chi connectivity index (χ1) is 14.0. The number of aryl methyl sites for hydroxylation is 1.